The summed E-state index contributed by atoms with van der Waals surface area (Å²) in [6, 6.07) is 2.07. The van der Waals surface area contributed by atoms with Gasteiger partial charge in [-0.15, -0.1) is 0 Å². The zero-order valence-electron chi connectivity index (χ0n) is 10.6. The standard InChI is InChI=1S/C12H17BrN4/c1-8-5-9(6-10(13)12(2,3)4)17-11(16-8)14-7-15-17/h5,7,10H,6H2,1-4H3. The third-order valence-corrected chi connectivity index (χ3v) is 4.48. The zero-order chi connectivity index (χ0) is 12.6. The Kier molecular flexibility index (Phi) is 3.21. The number of halogens is 1. The van der Waals surface area contributed by atoms with Gasteiger partial charge in [0.15, 0.2) is 0 Å². The van der Waals surface area contributed by atoms with E-state index in [-0.39, 0.29) is 5.41 Å². The summed E-state index contributed by atoms with van der Waals surface area (Å²) in [6.45, 7) is 8.65. The van der Waals surface area contributed by atoms with E-state index in [9.17, 15) is 0 Å². The minimum Gasteiger partial charge on any atom is -0.216 e. The van der Waals surface area contributed by atoms with Crippen LogP contribution in [0.25, 0.3) is 5.78 Å². The molecule has 17 heavy (non-hydrogen) atoms. The second-order valence-corrected chi connectivity index (χ2v) is 6.50. The topological polar surface area (TPSA) is 43.1 Å². The van der Waals surface area contributed by atoms with Gasteiger partial charge < -0.3 is 0 Å². The Balaban J connectivity index is 2.38. The molecular weight excluding hydrogens is 280 g/mol. The molecule has 2 aromatic heterocycles. The Hall–Kier alpha value is -0.970. The van der Waals surface area contributed by atoms with Gasteiger partial charge in [0.25, 0.3) is 5.78 Å². The van der Waals surface area contributed by atoms with Crippen LogP contribution in [0.5, 0.6) is 0 Å². The van der Waals surface area contributed by atoms with Gasteiger partial charge in [0.1, 0.15) is 6.33 Å². The van der Waals surface area contributed by atoms with Crippen molar-refractivity contribution >= 4 is 21.7 Å². The highest BCUT2D eigenvalue weighted by Gasteiger charge is 2.23. The molecule has 0 saturated carbocycles. The van der Waals surface area contributed by atoms with Crippen molar-refractivity contribution in [1.29, 1.82) is 0 Å². The molecular formula is C12H17BrN4. The number of alkyl halides is 1. The van der Waals surface area contributed by atoms with Gasteiger partial charge >= 0.3 is 0 Å². The smallest absolute Gasteiger partial charge is 0.216 e. The molecule has 0 saturated heterocycles. The van der Waals surface area contributed by atoms with E-state index in [0.717, 1.165) is 17.8 Å². The average molecular weight is 297 g/mol. The fourth-order valence-electron chi connectivity index (χ4n) is 1.64. The molecule has 92 valence electrons. The molecule has 0 spiro atoms. The van der Waals surface area contributed by atoms with Crippen LogP contribution in [-0.2, 0) is 6.42 Å². The molecule has 0 aliphatic rings. The molecule has 0 amide bonds. The monoisotopic (exact) mass is 296 g/mol. The molecule has 4 nitrogen and oxygen atoms in total. The molecule has 0 aliphatic heterocycles. The lowest BCUT2D eigenvalue weighted by Crippen LogP contribution is -2.23. The normalized spacial score (nSPS) is 14.2. The van der Waals surface area contributed by atoms with Crippen LogP contribution < -0.4 is 0 Å². The van der Waals surface area contributed by atoms with Crippen LogP contribution in [0.3, 0.4) is 0 Å². The molecule has 0 radical (unpaired) electrons. The van der Waals surface area contributed by atoms with Crippen molar-refractivity contribution in [2.45, 2.75) is 38.9 Å². The average Bonchev–Trinajstić information content (AvgIpc) is 2.63. The Morgan fingerprint density at radius 3 is 2.76 bits per heavy atom. The Morgan fingerprint density at radius 1 is 1.41 bits per heavy atom. The fourth-order valence-corrected chi connectivity index (χ4v) is 1.97. The maximum absolute atomic E-state index is 4.34. The number of aryl methyl sites for hydroxylation is 1. The molecule has 0 aromatic carbocycles. The van der Waals surface area contributed by atoms with Crippen LogP contribution in [0.4, 0.5) is 0 Å². The van der Waals surface area contributed by atoms with Gasteiger partial charge in [-0.1, -0.05) is 36.7 Å². The first-order valence-corrected chi connectivity index (χ1v) is 6.60. The summed E-state index contributed by atoms with van der Waals surface area (Å²) >= 11 is 3.75. The summed E-state index contributed by atoms with van der Waals surface area (Å²) in [6.07, 6.45) is 2.46. The molecule has 0 aliphatic carbocycles. The second kappa shape index (κ2) is 4.37. The van der Waals surface area contributed by atoms with Gasteiger partial charge in [-0.3, -0.25) is 0 Å². The van der Waals surface area contributed by atoms with Gasteiger partial charge in [-0.05, 0) is 18.4 Å². The van der Waals surface area contributed by atoms with E-state index in [1.54, 1.807) is 6.33 Å². The van der Waals surface area contributed by atoms with Crippen LogP contribution >= 0.6 is 15.9 Å². The van der Waals surface area contributed by atoms with E-state index in [2.05, 4.69) is 57.8 Å². The molecule has 0 N–H and O–H groups in total. The van der Waals surface area contributed by atoms with Gasteiger partial charge in [0, 0.05) is 22.6 Å². The molecule has 2 aromatic rings. The molecule has 2 heterocycles. The van der Waals surface area contributed by atoms with Gasteiger partial charge in [-0.25, -0.2) is 9.50 Å². The third-order valence-electron chi connectivity index (χ3n) is 2.78. The Labute approximate surface area is 110 Å². The zero-order valence-corrected chi connectivity index (χ0v) is 12.2. The number of hydrogen-bond donors (Lipinski definition) is 0. The highest BCUT2D eigenvalue weighted by atomic mass is 79.9. The minimum atomic E-state index is 0.212. The highest BCUT2D eigenvalue weighted by molar-refractivity contribution is 9.09. The number of aromatic nitrogens is 4. The van der Waals surface area contributed by atoms with Crippen LogP contribution in [0.2, 0.25) is 0 Å². The summed E-state index contributed by atoms with van der Waals surface area (Å²) in [7, 11) is 0. The minimum absolute atomic E-state index is 0.212. The van der Waals surface area contributed by atoms with Crippen LogP contribution in [0.1, 0.15) is 32.2 Å². The van der Waals surface area contributed by atoms with Crippen LogP contribution in [-0.4, -0.2) is 24.4 Å². The summed E-state index contributed by atoms with van der Waals surface area (Å²) in [5.74, 6) is 0.675. The Bertz CT molecular complexity index is 527. The summed E-state index contributed by atoms with van der Waals surface area (Å²) in [5, 5.41) is 4.22. The lowest BCUT2D eigenvalue weighted by atomic mass is 9.89. The SMILES string of the molecule is Cc1cc(CC(Br)C(C)(C)C)n2ncnc2n1. The highest BCUT2D eigenvalue weighted by Crippen LogP contribution is 2.29. The van der Waals surface area contributed by atoms with E-state index in [1.165, 1.54) is 0 Å². The largest absolute Gasteiger partial charge is 0.252 e. The molecule has 1 atom stereocenters. The summed E-state index contributed by atoms with van der Waals surface area (Å²) in [4.78, 5) is 8.87. The van der Waals surface area contributed by atoms with Crippen molar-refractivity contribution in [3.8, 4) is 0 Å². The first-order valence-electron chi connectivity index (χ1n) is 5.68. The third kappa shape index (κ3) is 2.65. The number of rotatable bonds is 2. The maximum Gasteiger partial charge on any atom is 0.252 e. The molecule has 1 unspecified atom stereocenters. The second-order valence-electron chi connectivity index (χ2n) is 5.40. The van der Waals surface area contributed by atoms with Crippen molar-refractivity contribution in [3.63, 3.8) is 0 Å². The Morgan fingerprint density at radius 2 is 2.12 bits per heavy atom. The molecule has 0 bridgehead atoms. The predicted molar refractivity (Wildman–Crippen MR) is 71.4 cm³/mol. The number of hydrogen-bond acceptors (Lipinski definition) is 3. The lowest BCUT2D eigenvalue weighted by molar-refractivity contribution is 0.394. The van der Waals surface area contributed by atoms with Gasteiger partial charge in [0.2, 0.25) is 0 Å². The van der Waals surface area contributed by atoms with E-state index >= 15 is 0 Å². The fraction of sp³-hybridized carbons (Fsp3) is 0.583. The van der Waals surface area contributed by atoms with E-state index in [1.807, 2.05) is 11.4 Å². The van der Waals surface area contributed by atoms with E-state index in [0.29, 0.717) is 10.6 Å². The van der Waals surface area contributed by atoms with Crippen molar-refractivity contribution < 1.29 is 0 Å². The van der Waals surface area contributed by atoms with Crippen molar-refractivity contribution in [3.05, 3.63) is 23.8 Å². The molecule has 5 heteroatoms. The summed E-state index contributed by atoms with van der Waals surface area (Å²) in [5.41, 5.74) is 2.33. The lowest BCUT2D eigenvalue weighted by Gasteiger charge is -2.25. The van der Waals surface area contributed by atoms with Crippen molar-refractivity contribution in [2.24, 2.45) is 5.41 Å². The van der Waals surface area contributed by atoms with Crippen LogP contribution in [0.15, 0.2) is 12.4 Å². The van der Waals surface area contributed by atoms with E-state index < -0.39 is 0 Å². The first-order chi connectivity index (χ1) is 7.88. The quantitative estimate of drug-likeness (QED) is 0.801. The summed E-state index contributed by atoms with van der Waals surface area (Å²) < 4.78 is 1.81. The number of fused-ring (bicyclic) bond motifs is 1. The van der Waals surface area contributed by atoms with Crippen molar-refractivity contribution in [1.82, 2.24) is 19.6 Å². The predicted octanol–water partition coefficient (Wildman–Crippen LogP) is 2.78. The van der Waals surface area contributed by atoms with E-state index in [4.69, 9.17) is 0 Å². The van der Waals surface area contributed by atoms with Gasteiger partial charge in [0.05, 0.1) is 0 Å². The van der Waals surface area contributed by atoms with Gasteiger partial charge in [-0.2, -0.15) is 10.1 Å². The van der Waals surface area contributed by atoms with Crippen molar-refractivity contribution in [2.75, 3.05) is 0 Å². The molecule has 0 fully saturated rings. The first kappa shape index (κ1) is 12.5. The molecule has 2 rings (SSSR count). The maximum atomic E-state index is 4.34. The van der Waals surface area contributed by atoms with Crippen LogP contribution in [0, 0.1) is 12.3 Å². The number of nitrogens with zero attached hydrogens (tertiary/aromatic N) is 4.